The molecule has 0 saturated carbocycles. The average Bonchev–Trinajstić information content (AvgIpc) is 3.03. The van der Waals surface area contributed by atoms with Crippen LogP contribution in [0.4, 0.5) is 0 Å². The normalized spacial score (nSPS) is 17.5. The lowest BCUT2D eigenvalue weighted by atomic mass is 10.1. The first-order valence-electron chi connectivity index (χ1n) is 7.77. The fourth-order valence-electron chi connectivity index (χ4n) is 2.79. The van der Waals surface area contributed by atoms with Crippen LogP contribution in [0.25, 0.3) is 0 Å². The molecule has 0 spiro atoms. The van der Waals surface area contributed by atoms with Crippen LogP contribution in [0.1, 0.15) is 16.7 Å². The minimum Gasteiger partial charge on any atom is -0.296 e. The molecular formula is C17H22N2O2S2. The molecule has 0 atom stereocenters. The molecule has 2 heterocycles. The molecule has 0 aliphatic carbocycles. The van der Waals surface area contributed by atoms with Crippen molar-refractivity contribution in [3.63, 3.8) is 0 Å². The van der Waals surface area contributed by atoms with E-state index in [2.05, 4.69) is 21.7 Å². The standard InChI is InChI=1S/C17H22N2O2S2/c1-14-3-4-17(11-15(14)2)23(20,21)19-8-6-18(7-9-19)12-16-5-10-22-13-16/h3-5,10-11,13H,6-9,12H2,1-2H3. The average molecular weight is 351 g/mol. The van der Waals surface area contributed by atoms with E-state index in [9.17, 15) is 8.42 Å². The second-order valence-electron chi connectivity index (χ2n) is 6.06. The van der Waals surface area contributed by atoms with Gasteiger partial charge in [0.2, 0.25) is 10.0 Å². The first-order chi connectivity index (χ1) is 11.0. The lowest BCUT2D eigenvalue weighted by Crippen LogP contribution is -2.48. The number of thiophene rings is 1. The van der Waals surface area contributed by atoms with Crippen molar-refractivity contribution < 1.29 is 8.42 Å². The summed E-state index contributed by atoms with van der Waals surface area (Å²) in [5, 5.41) is 4.23. The van der Waals surface area contributed by atoms with Gasteiger partial charge in [0.05, 0.1) is 4.90 Å². The van der Waals surface area contributed by atoms with E-state index < -0.39 is 10.0 Å². The van der Waals surface area contributed by atoms with Crippen molar-refractivity contribution in [2.45, 2.75) is 25.3 Å². The SMILES string of the molecule is Cc1ccc(S(=O)(=O)N2CCN(Cc3ccsc3)CC2)cc1C. The maximum Gasteiger partial charge on any atom is 0.243 e. The van der Waals surface area contributed by atoms with Crippen molar-refractivity contribution >= 4 is 21.4 Å². The van der Waals surface area contributed by atoms with Crippen LogP contribution in [0.15, 0.2) is 39.9 Å². The van der Waals surface area contributed by atoms with Gasteiger partial charge in [-0.25, -0.2) is 8.42 Å². The zero-order chi connectivity index (χ0) is 16.4. The number of aryl methyl sites for hydroxylation is 2. The second kappa shape index (κ2) is 6.73. The van der Waals surface area contributed by atoms with Gasteiger partial charge in [-0.3, -0.25) is 4.90 Å². The number of nitrogens with zero attached hydrogens (tertiary/aromatic N) is 2. The Labute approximate surface area is 142 Å². The van der Waals surface area contributed by atoms with E-state index in [-0.39, 0.29) is 0 Å². The third-order valence-electron chi connectivity index (χ3n) is 4.43. The first kappa shape index (κ1) is 16.6. The monoisotopic (exact) mass is 350 g/mol. The third-order valence-corrected chi connectivity index (χ3v) is 7.06. The van der Waals surface area contributed by atoms with Crippen LogP contribution in [-0.2, 0) is 16.6 Å². The molecule has 1 saturated heterocycles. The Balaban J connectivity index is 1.67. The summed E-state index contributed by atoms with van der Waals surface area (Å²) in [5.41, 5.74) is 3.44. The Morgan fingerprint density at radius 3 is 2.39 bits per heavy atom. The van der Waals surface area contributed by atoms with Crippen LogP contribution in [0, 0.1) is 13.8 Å². The molecule has 3 rings (SSSR count). The first-order valence-corrected chi connectivity index (χ1v) is 10.2. The fraction of sp³-hybridized carbons (Fsp3) is 0.412. The Morgan fingerprint density at radius 2 is 1.78 bits per heavy atom. The molecule has 0 amide bonds. The minimum atomic E-state index is -3.38. The summed E-state index contributed by atoms with van der Waals surface area (Å²) in [4.78, 5) is 2.72. The fourth-order valence-corrected chi connectivity index (χ4v) is 4.96. The summed E-state index contributed by atoms with van der Waals surface area (Å²) >= 11 is 1.70. The van der Waals surface area contributed by atoms with Gasteiger partial charge in [0.25, 0.3) is 0 Å². The summed E-state index contributed by atoms with van der Waals surface area (Å²) in [6.45, 7) is 7.52. The maximum atomic E-state index is 12.8. The molecule has 0 radical (unpaired) electrons. The lowest BCUT2D eigenvalue weighted by Gasteiger charge is -2.33. The molecule has 0 bridgehead atoms. The Kier molecular flexibility index (Phi) is 4.87. The maximum absolute atomic E-state index is 12.8. The molecule has 0 N–H and O–H groups in total. The zero-order valence-electron chi connectivity index (χ0n) is 13.5. The van der Waals surface area contributed by atoms with Gasteiger partial charge in [-0.05, 0) is 59.5 Å². The summed E-state index contributed by atoms with van der Waals surface area (Å²) in [5.74, 6) is 0. The highest BCUT2D eigenvalue weighted by Crippen LogP contribution is 2.21. The van der Waals surface area contributed by atoms with E-state index in [4.69, 9.17) is 0 Å². The van der Waals surface area contributed by atoms with Crippen molar-refractivity contribution in [1.29, 1.82) is 0 Å². The number of sulfonamides is 1. The van der Waals surface area contributed by atoms with Crippen LogP contribution >= 0.6 is 11.3 Å². The van der Waals surface area contributed by atoms with E-state index >= 15 is 0 Å². The highest BCUT2D eigenvalue weighted by Gasteiger charge is 2.28. The molecule has 23 heavy (non-hydrogen) atoms. The van der Waals surface area contributed by atoms with Gasteiger partial charge in [-0.1, -0.05) is 6.07 Å². The molecule has 1 aromatic heterocycles. The van der Waals surface area contributed by atoms with Crippen LogP contribution < -0.4 is 0 Å². The van der Waals surface area contributed by atoms with Crippen molar-refractivity contribution in [1.82, 2.24) is 9.21 Å². The van der Waals surface area contributed by atoms with Crippen LogP contribution in [0.2, 0.25) is 0 Å². The topological polar surface area (TPSA) is 40.6 Å². The largest absolute Gasteiger partial charge is 0.296 e. The molecule has 1 fully saturated rings. The molecule has 124 valence electrons. The second-order valence-corrected chi connectivity index (χ2v) is 8.78. The van der Waals surface area contributed by atoms with Crippen LogP contribution in [-0.4, -0.2) is 43.8 Å². The Hall–Kier alpha value is -1.21. The number of benzene rings is 1. The van der Waals surface area contributed by atoms with E-state index in [1.165, 1.54) is 5.56 Å². The lowest BCUT2D eigenvalue weighted by molar-refractivity contribution is 0.182. The van der Waals surface area contributed by atoms with E-state index in [0.29, 0.717) is 18.0 Å². The summed E-state index contributed by atoms with van der Waals surface area (Å²) < 4.78 is 27.2. The van der Waals surface area contributed by atoms with Gasteiger partial charge in [0.15, 0.2) is 0 Å². The predicted octanol–water partition coefficient (Wildman–Crippen LogP) is 2.87. The quantitative estimate of drug-likeness (QED) is 0.851. The Bertz CT molecular complexity index is 762. The van der Waals surface area contributed by atoms with Gasteiger partial charge in [0, 0.05) is 32.7 Å². The molecule has 2 aromatic rings. The predicted molar refractivity (Wildman–Crippen MR) is 94.3 cm³/mol. The summed E-state index contributed by atoms with van der Waals surface area (Å²) in [7, 11) is -3.38. The smallest absolute Gasteiger partial charge is 0.243 e. The Morgan fingerprint density at radius 1 is 1.04 bits per heavy atom. The van der Waals surface area contributed by atoms with Crippen molar-refractivity contribution in [3.8, 4) is 0 Å². The van der Waals surface area contributed by atoms with Crippen LogP contribution in [0.5, 0.6) is 0 Å². The number of hydrogen-bond donors (Lipinski definition) is 0. The molecule has 1 aromatic carbocycles. The summed E-state index contributed by atoms with van der Waals surface area (Å²) in [6, 6.07) is 7.51. The molecular weight excluding hydrogens is 328 g/mol. The van der Waals surface area contributed by atoms with Crippen molar-refractivity contribution in [2.24, 2.45) is 0 Å². The van der Waals surface area contributed by atoms with Crippen LogP contribution in [0.3, 0.4) is 0 Å². The highest BCUT2D eigenvalue weighted by atomic mass is 32.2. The molecule has 1 aliphatic rings. The van der Waals surface area contributed by atoms with Gasteiger partial charge in [-0.15, -0.1) is 0 Å². The van der Waals surface area contributed by atoms with E-state index in [1.807, 2.05) is 19.9 Å². The minimum absolute atomic E-state index is 0.409. The van der Waals surface area contributed by atoms with E-state index in [0.717, 1.165) is 30.8 Å². The molecule has 6 heteroatoms. The van der Waals surface area contributed by atoms with Gasteiger partial charge < -0.3 is 0 Å². The number of hydrogen-bond acceptors (Lipinski definition) is 4. The van der Waals surface area contributed by atoms with Crippen molar-refractivity contribution in [3.05, 3.63) is 51.7 Å². The third kappa shape index (κ3) is 3.66. The number of piperazine rings is 1. The van der Waals surface area contributed by atoms with Gasteiger partial charge in [-0.2, -0.15) is 15.6 Å². The van der Waals surface area contributed by atoms with Gasteiger partial charge in [0.1, 0.15) is 0 Å². The number of rotatable bonds is 4. The zero-order valence-corrected chi connectivity index (χ0v) is 15.2. The highest BCUT2D eigenvalue weighted by molar-refractivity contribution is 7.89. The van der Waals surface area contributed by atoms with E-state index in [1.54, 1.807) is 27.8 Å². The van der Waals surface area contributed by atoms with Crippen molar-refractivity contribution in [2.75, 3.05) is 26.2 Å². The van der Waals surface area contributed by atoms with Gasteiger partial charge >= 0.3 is 0 Å². The molecule has 4 nitrogen and oxygen atoms in total. The molecule has 0 unspecified atom stereocenters. The molecule has 1 aliphatic heterocycles. The summed E-state index contributed by atoms with van der Waals surface area (Å²) in [6.07, 6.45) is 0.